The summed E-state index contributed by atoms with van der Waals surface area (Å²) < 4.78 is 0. The molecular formula is C16H20N2O2. The Hall–Kier alpha value is -1.83. The fraction of sp³-hybridized carbons (Fsp3) is 0.438. The van der Waals surface area contributed by atoms with Crippen molar-refractivity contribution < 1.29 is 9.90 Å². The quantitative estimate of drug-likeness (QED) is 0.747. The molecule has 1 amide bonds. The molecule has 0 radical (unpaired) electrons. The Morgan fingerprint density at radius 3 is 2.90 bits per heavy atom. The Balaban J connectivity index is 2.25. The van der Waals surface area contributed by atoms with E-state index in [0.29, 0.717) is 31.6 Å². The highest BCUT2D eigenvalue weighted by atomic mass is 16.3. The lowest BCUT2D eigenvalue weighted by Crippen LogP contribution is -2.34. The summed E-state index contributed by atoms with van der Waals surface area (Å²) in [4.78, 5) is 14.2. The number of hydrogen-bond acceptors (Lipinski definition) is 3. The molecule has 4 nitrogen and oxygen atoms in total. The third-order valence-corrected chi connectivity index (χ3v) is 3.54. The standard InChI is InChI=1S/C16H20N2O2/c1-12-5-6-13(4-3-8-17)10-14(12)15(19)18-9-7-16(2,20)11-18/h5-6,10,20H,7-9,11,17H2,1-2H3. The molecule has 1 heterocycles. The third kappa shape index (κ3) is 3.19. The summed E-state index contributed by atoms with van der Waals surface area (Å²) in [5.41, 5.74) is 6.93. The maximum Gasteiger partial charge on any atom is 0.254 e. The summed E-state index contributed by atoms with van der Waals surface area (Å²) in [6.45, 7) is 4.93. The predicted molar refractivity (Wildman–Crippen MR) is 78.3 cm³/mol. The smallest absolute Gasteiger partial charge is 0.254 e. The van der Waals surface area contributed by atoms with E-state index >= 15 is 0 Å². The first kappa shape index (κ1) is 14.6. The first-order chi connectivity index (χ1) is 9.43. The van der Waals surface area contributed by atoms with Gasteiger partial charge in [0.25, 0.3) is 5.91 Å². The van der Waals surface area contributed by atoms with Crippen LogP contribution in [0.5, 0.6) is 0 Å². The van der Waals surface area contributed by atoms with Crippen molar-refractivity contribution in [2.24, 2.45) is 5.73 Å². The molecule has 0 aliphatic carbocycles. The SMILES string of the molecule is Cc1ccc(C#CCN)cc1C(=O)N1CCC(C)(O)C1. The number of aryl methyl sites for hydroxylation is 1. The Kier molecular flexibility index (Phi) is 4.12. The topological polar surface area (TPSA) is 66.6 Å². The number of hydrogen-bond donors (Lipinski definition) is 2. The summed E-state index contributed by atoms with van der Waals surface area (Å²) in [6.07, 6.45) is 0.616. The van der Waals surface area contributed by atoms with Gasteiger partial charge in [-0.05, 0) is 38.0 Å². The summed E-state index contributed by atoms with van der Waals surface area (Å²) in [5, 5.41) is 9.97. The molecule has 0 saturated carbocycles. The van der Waals surface area contributed by atoms with E-state index in [1.54, 1.807) is 17.9 Å². The Labute approximate surface area is 119 Å². The molecule has 0 spiro atoms. The van der Waals surface area contributed by atoms with Gasteiger partial charge in [0, 0.05) is 24.2 Å². The van der Waals surface area contributed by atoms with Crippen LogP contribution in [0.1, 0.15) is 34.8 Å². The highest BCUT2D eigenvalue weighted by Gasteiger charge is 2.34. The van der Waals surface area contributed by atoms with E-state index in [4.69, 9.17) is 5.73 Å². The number of aliphatic hydroxyl groups is 1. The van der Waals surface area contributed by atoms with Crippen molar-refractivity contribution in [2.75, 3.05) is 19.6 Å². The maximum atomic E-state index is 12.5. The van der Waals surface area contributed by atoms with E-state index in [9.17, 15) is 9.90 Å². The van der Waals surface area contributed by atoms with Gasteiger partial charge < -0.3 is 15.7 Å². The van der Waals surface area contributed by atoms with Crippen LogP contribution >= 0.6 is 0 Å². The van der Waals surface area contributed by atoms with Crippen LogP contribution in [0.15, 0.2) is 18.2 Å². The number of benzene rings is 1. The van der Waals surface area contributed by atoms with E-state index in [0.717, 1.165) is 11.1 Å². The molecule has 0 bridgehead atoms. The van der Waals surface area contributed by atoms with Crippen LogP contribution in [-0.4, -0.2) is 41.1 Å². The minimum atomic E-state index is -0.777. The number of likely N-dealkylation sites (tertiary alicyclic amines) is 1. The van der Waals surface area contributed by atoms with Gasteiger partial charge in [-0.2, -0.15) is 0 Å². The second-order valence-electron chi connectivity index (χ2n) is 5.51. The Bertz CT molecular complexity index is 582. The summed E-state index contributed by atoms with van der Waals surface area (Å²) in [6, 6.07) is 5.57. The summed E-state index contributed by atoms with van der Waals surface area (Å²) in [7, 11) is 0. The van der Waals surface area contributed by atoms with Crippen molar-refractivity contribution in [1.29, 1.82) is 0 Å². The van der Waals surface area contributed by atoms with Crippen molar-refractivity contribution in [3.8, 4) is 11.8 Å². The number of carbonyl (C=O) groups excluding carboxylic acids is 1. The van der Waals surface area contributed by atoms with Crippen molar-refractivity contribution >= 4 is 5.91 Å². The molecule has 1 aliphatic rings. The fourth-order valence-electron chi connectivity index (χ4n) is 2.37. The van der Waals surface area contributed by atoms with Gasteiger partial charge in [0.05, 0.1) is 12.1 Å². The van der Waals surface area contributed by atoms with Crippen molar-refractivity contribution in [2.45, 2.75) is 25.9 Å². The summed E-state index contributed by atoms with van der Waals surface area (Å²) >= 11 is 0. The predicted octanol–water partition coefficient (Wildman–Crippen LogP) is 0.902. The van der Waals surface area contributed by atoms with Gasteiger partial charge in [-0.1, -0.05) is 17.9 Å². The maximum absolute atomic E-state index is 12.5. The highest BCUT2D eigenvalue weighted by molar-refractivity contribution is 5.96. The lowest BCUT2D eigenvalue weighted by Gasteiger charge is -2.20. The molecule has 1 saturated heterocycles. The Morgan fingerprint density at radius 2 is 2.30 bits per heavy atom. The minimum Gasteiger partial charge on any atom is -0.388 e. The van der Waals surface area contributed by atoms with Gasteiger partial charge in [0.1, 0.15) is 0 Å². The largest absolute Gasteiger partial charge is 0.388 e. The molecule has 20 heavy (non-hydrogen) atoms. The lowest BCUT2D eigenvalue weighted by atomic mass is 10.0. The number of nitrogens with two attached hydrogens (primary N) is 1. The second-order valence-corrected chi connectivity index (χ2v) is 5.51. The third-order valence-electron chi connectivity index (χ3n) is 3.54. The van der Waals surface area contributed by atoms with Crippen LogP contribution in [0, 0.1) is 18.8 Å². The van der Waals surface area contributed by atoms with Gasteiger partial charge >= 0.3 is 0 Å². The highest BCUT2D eigenvalue weighted by Crippen LogP contribution is 2.23. The second kappa shape index (κ2) is 5.66. The van der Waals surface area contributed by atoms with Gasteiger partial charge in [-0.25, -0.2) is 0 Å². The first-order valence-electron chi connectivity index (χ1n) is 6.74. The van der Waals surface area contributed by atoms with Crippen LogP contribution in [-0.2, 0) is 0 Å². The average molecular weight is 272 g/mol. The van der Waals surface area contributed by atoms with Crippen molar-refractivity contribution in [3.05, 3.63) is 34.9 Å². The number of carbonyl (C=O) groups is 1. The molecule has 1 aromatic carbocycles. The van der Waals surface area contributed by atoms with Gasteiger partial charge in [-0.15, -0.1) is 0 Å². The summed E-state index contributed by atoms with van der Waals surface area (Å²) in [5.74, 6) is 5.68. The van der Waals surface area contributed by atoms with Crippen LogP contribution in [0.2, 0.25) is 0 Å². The molecule has 0 aromatic heterocycles. The van der Waals surface area contributed by atoms with Crippen LogP contribution in [0.4, 0.5) is 0 Å². The van der Waals surface area contributed by atoms with E-state index in [-0.39, 0.29) is 5.91 Å². The number of rotatable bonds is 1. The van der Waals surface area contributed by atoms with Crippen molar-refractivity contribution in [1.82, 2.24) is 4.90 Å². The first-order valence-corrected chi connectivity index (χ1v) is 6.74. The van der Waals surface area contributed by atoms with E-state index in [2.05, 4.69) is 11.8 Å². The molecule has 106 valence electrons. The van der Waals surface area contributed by atoms with E-state index in [1.807, 2.05) is 19.1 Å². The molecule has 4 heteroatoms. The molecule has 1 fully saturated rings. The average Bonchev–Trinajstić information content (AvgIpc) is 2.77. The van der Waals surface area contributed by atoms with Crippen LogP contribution in [0.3, 0.4) is 0 Å². The molecule has 1 atom stereocenters. The number of amides is 1. The van der Waals surface area contributed by atoms with Gasteiger partial charge in [0.15, 0.2) is 0 Å². The van der Waals surface area contributed by atoms with Crippen molar-refractivity contribution in [3.63, 3.8) is 0 Å². The zero-order chi connectivity index (χ0) is 14.8. The molecule has 3 N–H and O–H groups in total. The monoisotopic (exact) mass is 272 g/mol. The zero-order valence-corrected chi connectivity index (χ0v) is 11.9. The fourth-order valence-corrected chi connectivity index (χ4v) is 2.37. The number of nitrogens with zero attached hydrogens (tertiary/aromatic N) is 1. The lowest BCUT2D eigenvalue weighted by molar-refractivity contribution is 0.0571. The number of β-amino-alcohol motifs (C(OH)–C–C–N with tert-alkyl or cyclic N) is 1. The minimum absolute atomic E-state index is 0.0447. The molecular weight excluding hydrogens is 252 g/mol. The van der Waals surface area contributed by atoms with Gasteiger partial charge in [0.2, 0.25) is 0 Å². The van der Waals surface area contributed by atoms with E-state index in [1.165, 1.54) is 0 Å². The molecule has 1 unspecified atom stereocenters. The molecule has 1 aliphatic heterocycles. The van der Waals surface area contributed by atoms with Gasteiger partial charge in [-0.3, -0.25) is 4.79 Å². The molecule has 1 aromatic rings. The van der Waals surface area contributed by atoms with Crippen LogP contribution in [0.25, 0.3) is 0 Å². The normalized spacial score (nSPS) is 21.5. The molecule has 2 rings (SSSR count). The van der Waals surface area contributed by atoms with E-state index < -0.39 is 5.60 Å². The zero-order valence-electron chi connectivity index (χ0n) is 11.9. The van der Waals surface area contributed by atoms with Crippen LogP contribution < -0.4 is 5.73 Å². The Morgan fingerprint density at radius 1 is 1.55 bits per heavy atom.